The first-order valence-corrected chi connectivity index (χ1v) is 10.6. The van der Waals surface area contributed by atoms with Gasteiger partial charge in [-0.1, -0.05) is 12.8 Å². The lowest BCUT2D eigenvalue weighted by Crippen LogP contribution is -2.53. The van der Waals surface area contributed by atoms with Gasteiger partial charge in [-0.25, -0.2) is 0 Å². The van der Waals surface area contributed by atoms with Gasteiger partial charge in [0.2, 0.25) is 0 Å². The minimum atomic E-state index is -3.41. The topological polar surface area (TPSA) is 93.4 Å². The summed E-state index contributed by atoms with van der Waals surface area (Å²) in [6.45, 7) is 6.76. The van der Waals surface area contributed by atoms with Crippen LogP contribution in [0.15, 0.2) is 0 Å². The van der Waals surface area contributed by atoms with E-state index in [9.17, 15) is 13.7 Å². The third kappa shape index (κ3) is 3.68. The smallest absolute Gasteiger partial charge is 0.282 e. The zero-order valence-corrected chi connectivity index (χ0v) is 16.3. The predicted molar refractivity (Wildman–Crippen MR) is 99.0 cm³/mol. The van der Waals surface area contributed by atoms with Crippen molar-refractivity contribution in [1.29, 1.82) is 5.26 Å². The van der Waals surface area contributed by atoms with E-state index in [-0.39, 0.29) is 0 Å². The Labute approximate surface area is 155 Å². The van der Waals surface area contributed by atoms with Crippen molar-refractivity contribution in [3.05, 3.63) is 16.8 Å². The molecule has 0 spiro atoms. The minimum Gasteiger partial charge on any atom is -0.351 e. The van der Waals surface area contributed by atoms with E-state index in [2.05, 4.69) is 16.3 Å². The van der Waals surface area contributed by atoms with Gasteiger partial charge in [0.05, 0.1) is 5.69 Å². The van der Waals surface area contributed by atoms with E-state index < -0.39 is 10.2 Å². The van der Waals surface area contributed by atoms with Crippen LogP contribution in [0.1, 0.15) is 42.5 Å². The van der Waals surface area contributed by atoms with E-state index in [0.717, 1.165) is 36.9 Å². The number of hydrogen-bond donors (Lipinski definition) is 0. The van der Waals surface area contributed by atoms with Crippen molar-refractivity contribution in [3.63, 3.8) is 0 Å². The highest BCUT2D eigenvalue weighted by atomic mass is 32.2. The highest BCUT2D eigenvalue weighted by molar-refractivity contribution is 7.86. The molecule has 9 heteroatoms. The van der Waals surface area contributed by atoms with E-state index >= 15 is 0 Å². The second-order valence-corrected chi connectivity index (χ2v) is 8.86. The Morgan fingerprint density at radius 2 is 1.46 bits per heavy atom. The lowest BCUT2D eigenvalue weighted by Gasteiger charge is -2.37. The molecule has 0 N–H and O–H groups in total. The number of aromatic nitrogens is 2. The summed E-state index contributed by atoms with van der Waals surface area (Å²) in [7, 11) is -3.41. The lowest BCUT2D eigenvalue weighted by atomic mass is 10.1. The van der Waals surface area contributed by atoms with Crippen LogP contribution in [-0.4, -0.2) is 66.5 Å². The molecule has 0 bridgehead atoms. The van der Waals surface area contributed by atoms with Crippen LogP contribution in [0.5, 0.6) is 0 Å². The second kappa shape index (κ2) is 7.86. The molecule has 2 aliphatic heterocycles. The van der Waals surface area contributed by atoms with E-state index in [1.807, 2.05) is 18.7 Å². The minimum absolute atomic E-state index is 0.401. The normalized spacial score (nSPS) is 20.6. The van der Waals surface area contributed by atoms with Crippen molar-refractivity contribution < 1.29 is 8.42 Å². The van der Waals surface area contributed by atoms with Gasteiger partial charge in [-0.15, -0.1) is 5.10 Å². The van der Waals surface area contributed by atoms with Crippen molar-refractivity contribution in [1.82, 2.24) is 18.8 Å². The maximum Gasteiger partial charge on any atom is 0.282 e. The highest BCUT2D eigenvalue weighted by Crippen LogP contribution is 2.24. The number of rotatable bonds is 3. The number of nitrogens with zero attached hydrogens (tertiary/aromatic N) is 6. The summed E-state index contributed by atoms with van der Waals surface area (Å²) in [5.74, 6) is 0.558. The van der Waals surface area contributed by atoms with Crippen LogP contribution in [0.25, 0.3) is 0 Å². The number of anilines is 1. The lowest BCUT2D eigenvalue weighted by molar-refractivity contribution is 0.327. The van der Waals surface area contributed by atoms with Crippen LogP contribution in [0.3, 0.4) is 0 Å². The third-order valence-electron chi connectivity index (χ3n) is 5.30. The van der Waals surface area contributed by atoms with Crippen molar-refractivity contribution in [3.8, 4) is 6.07 Å². The van der Waals surface area contributed by atoms with Gasteiger partial charge in [-0.05, 0) is 32.3 Å². The molecule has 0 atom stereocenters. The summed E-state index contributed by atoms with van der Waals surface area (Å²) in [5.41, 5.74) is 2.10. The van der Waals surface area contributed by atoms with E-state index in [0.29, 0.717) is 50.6 Å². The summed E-state index contributed by atoms with van der Waals surface area (Å²) in [5, 5.41) is 17.8. The Hall–Kier alpha value is -1.76. The molecule has 26 heavy (non-hydrogen) atoms. The average Bonchev–Trinajstić information content (AvgIpc) is 2.94. The van der Waals surface area contributed by atoms with Crippen molar-refractivity contribution in [2.24, 2.45) is 0 Å². The Morgan fingerprint density at radius 3 is 2.04 bits per heavy atom. The predicted octanol–water partition coefficient (Wildman–Crippen LogP) is 1.21. The maximum atomic E-state index is 12.9. The summed E-state index contributed by atoms with van der Waals surface area (Å²) >= 11 is 0. The van der Waals surface area contributed by atoms with Gasteiger partial charge in [0.1, 0.15) is 11.6 Å². The molecule has 2 aliphatic rings. The van der Waals surface area contributed by atoms with Crippen molar-refractivity contribution >= 4 is 16.0 Å². The number of piperazine rings is 1. The molecule has 3 rings (SSSR count). The molecule has 0 saturated carbocycles. The molecule has 8 nitrogen and oxygen atoms in total. The van der Waals surface area contributed by atoms with Crippen molar-refractivity contribution in [2.75, 3.05) is 44.2 Å². The Kier molecular flexibility index (Phi) is 5.75. The first-order chi connectivity index (χ1) is 12.4. The second-order valence-electron chi connectivity index (χ2n) is 6.93. The van der Waals surface area contributed by atoms with Gasteiger partial charge < -0.3 is 4.90 Å². The molecule has 2 fully saturated rings. The van der Waals surface area contributed by atoms with Gasteiger partial charge in [-0.3, -0.25) is 0 Å². The molecule has 1 aromatic rings. The quantitative estimate of drug-likeness (QED) is 0.785. The fraction of sp³-hybridized carbons (Fsp3) is 0.706. The van der Waals surface area contributed by atoms with Gasteiger partial charge >= 0.3 is 0 Å². The SMILES string of the molecule is Cc1nnc(N2CCN(S(=O)(=O)N3CCCCCC3)CC2)c(C#N)c1C. The van der Waals surface area contributed by atoms with Gasteiger partial charge in [0.15, 0.2) is 5.82 Å². The molecule has 142 valence electrons. The molecular weight excluding hydrogens is 352 g/mol. The average molecular weight is 379 g/mol. The highest BCUT2D eigenvalue weighted by Gasteiger charge is 2.33. The van der Waals surface area contributed by atoms with Crippen LogP contribution < -0.4 is 4.90 Å². The van der Waals surface area contributed by atoms with Crippen LogP contribution in [0, 0.1) is 25.2 Å². The zero-order chi connectivity index (χ0) is 18.7. The monoisotopic (exact) mass is 378 g/mol. The first kappa shape index (κ1) is 19.0. The summed E-state index contributed by atoms with van der Waals surface area (Å²) in [4.78, 5) is 1.96. The maximum absolute atomic E-state index is 12.9. The molecule has 1 aromatic heterocycles. The Morgan fingerprint density at radius 1 is 0.885 bits per heavy atom. The van der Waals surface area contributed by atoms with Crippen molar-refractivity contribution in [2.45, 2.75) is 39.5 Å². The van der Waals surface area contributed by atoms with E-state index in [1.165, 1.54) is 0 Å². The summed E-state index contributed by atoms with van der Waals surface area (Å²) in [6, 6.07) is 2.22. The fourth-order valence-corrected chi connectivity index (χ4v) is 5.19. The number of aryl methyl sites for hydroxylation is 1. The third-order valence-corrected chi connectivity index (χ3v) is 7.34. The van der Waals surface area contributed by atoms with Crippen LogP contribution >= 0.6 is 0 Å². The van der Waals surface area contributed by atoms with Crippen LogP contribution in [0.4, 0.5) is 5.82 Å². The van der Waals surface area contributed by atoms with E-state index in [1.54, 1.807) is 8.61 Å². The molecule has 0 aliphatic carbocycles. The van der Waals surface area contributed by atoms with Gasteiger partial charge in [-0.2, -0.15) is 27.4 Å². The standard InChI is InChI=1S/C17H26N6O2S/c1-14-15(2)19-20-17(16(14)13-18)21-9-11-23(12-10-21)26(24,25)22-7-5-3-4-6-8-22/h3-12H2,1-2H3. The molecule has 0 unspecified atom stereocenters. The van der Waals surface area contributed by atoms with E-state index in [4.69, 9.17) is 0 Å². The molecule has 0 aromatic carbocycles. The molecule has 3 heterocycles. The van der Waals surface area contributed by atoms with Gasteiger partial charge in [0, 0.05) is 39.3 Å². The zero-order valence-electron chi connectivity index (χ0n) is 15.5. The largest absolute Gasteiger partial charge is 0.351 e. The molecule has 0 radical (unpaired) electrons. The first-order valence-electron chi connectivity index (χ1n) is 9.19. The molecular formula is C17H26N6O2S. The summed E-state index contributed by atoms with van der Waals surface area (Å²) in [6.07, 6.45) is 4.07. The van der Waals surface area contributed by atoms with Gasteiger partial charge in [0.25, 0.3) is 10.2 Å². The fourth-order valence-electron chi connectivity index (χ4n) is 3.52. The Balaban J connectivity index is 1.72. The van der Waals surface area contributed by atoms with Crippen LogP contribution in [0.2, 0.25) is 0 Å². The summed E-state index contributed by atoms with van der Waals surface area (Å²) < 4.78 is 29.0. The van der Waals surface area contributed by atoms with Crippen LogP contribution in [-0.2, 0) is 10.2 Å². The number of hydrogen-bond acceptors (Lipinski definition) is 6. The number of nitriles is 1. The molecule has 2 saturated heterocycles. The Bertz CT molecular complexity index is 788. The molecule has 0 amide bonds.